The molecule has 1 aliphatic heterocycles. The van der Waals surface area contributed by atoms with Crippen LogP contribution < -0.4 is 10.2 Å². The van der Waals surface area contributed by atoms with Crippen LogP contribution in [0.3, 0.4) is 0 Å². The van der Waals surface area contributed by atoms with Gasteiger partial charge in [-0.15, -0.1) is 0 Å². The second-order valence-electron chi connectivity index (χ2n) is 5.11. The Labute approximate surface area is 114 Å². The molecule has 1 saturated heterocycles. The van der Waals surface area contributed by atoms with E-state index < -0.39 is 0 Å². The van der Waals surface area contributed by atoms with Crippen molar-refractivity contribution in [2.45, 2.75) is 20.4 Å². The van der Waals surface area contributed by atoms with Crippen molar-refractivity contribution in [3.05, 3.63) is 23.9 Å². The van der Waals surface area contributed by atoms with E-state index in [1.165, 1.54) is 22.9 Å². The highest BCUT2D eigenvalue weighted by Gasteiger charge is 2.15. The van der Waals surface area contributed by atoms with Gasteiger partial charge in [-0.2, -0.15) is 11.8 Å². The molecule has 0 aliphatic carbocycles. The minimum atomic E-state index is 0.691. The van der Waals surface area contributed by atoms with Gasteiger partial charge in [-0.05, 0) is 18.5 Å². The molecule has 2 heterocycles. The summed E-state index contributed by atoms with van der Waals surface area (Å²) in [6.45, 7) is 8.70. The van der Waals surface area contributed by atoms with Gasteiger partial charge in [0, 0.05) is 42.9 Å². The molecule has 0 atom stereocenters. The van der Waals surface area contributed by atoms with Crippen LogP contribution in [0.25, 0.3) is 0 Å². The highest BCUT2D eigenvalue weighted by Crippen LogP contribution is 2.21. The van der Waals surface area contributed by atoms with Crippen molar-refractivity contribution in [1.82, 2.24) is 10.3 Å². The van der Waals surface area contributed by atoms with Gasteiger partial charge in [0.2, 0.25) is 0 Å². The molecule has 0 radical (unpaired) electrons. The lowest BCUT2D eigenvalue weighted by molar-refractivity contribution is 0.551. The van der Waals surface area contributed by atoms with E-state index in [-0.39, 0.29) is 0 Å². The summed E-state index contributed by atoms with van der Waals surface area (Å²) in [7, 11) is 0. The molecule has 0 spiro atoms. The average molecular weight is 265 g/mol. The number of rotatable bonds is 5. The quantitative estimate of drug-likeness (QED) is 0.885. The van der Waals surface area contributed by atoms with Crippen molar-refractivity contribution in [3.8, 4) is 0 Å². The van der Waals surface area contributed by atoms with E-state index in [1.807, 2.05) is 24.0 Å². The van der Waals surface area contributed by atoms with Crippen molar-refractivity contribution in [2.75, 3.05) is 36.0 Å². The number of pyridine rings is 1. The molecule has 0 aromatic carbocycles. The summed E-state index contributed by atoms with van der Waals surface area (Å²) >= 11 is 2.04. The summed E-state index contributed by atoms with van der Waals surface area (Å²) in [5.41, 5.74) is 1.32. The first-order chi connectivity index (χ1) is 8.77. The molecule has 2 rings (SSSR count). The first kappa shape index (κ1) is 13.7. The van der Waals surface area contributed by atoms with Crippen LogP contribution in [0.4, 0.5) is 5.82 Å². The monoisotopic (exact) mass is 265 g/mol. The van der Waals surface area contributed by atoms with Crippen LogP contribution in [0.1, 0.15) is 19.4 Å². The zero-order chi connectivity index (χ0) is 12.8. The van der Waals surface area contributed by atoms with E-state index in [1.54, 1.807) is 0 Å². The van der Waals surface area contributed by atoms with Crippen LogP contribution in [0.2, 0.25) is 0 Å². The number of aromatic nitrogens is 1. The van der Waals surface area contributed by atoms with E-state index in [0.29, 0.717) is 5.92 Å². The van der Waals surface area contributed by atoms with Crippen LogP contribution in [-0.4, -0.2) is 36.1 Å². The van der Waals surface area contributed by atoms with Crippen LogP contribution in [0.5, 0.6) is 0 Å². The van der Waals surface area contributed by atoms with Gasteiger partial charge in [-0.1, -0.05) is 19.9 Å². The summed E-state index contributed by atoms with van der Waals surface area (Å²) < 4.78 is 0. The van der Waals surface area contributed by atoms with Crippen molar-refractivity contribution in [1.29, 1.82) is 0 Å². The summed E-state index contributed by atoms with van der Waals surface area (Å²) in [4.78, 5) is 7.00. The Morgan fingerprint density at radius 2 is 2.17 bits per heavy atom. The lowest BCUT2D eigenvalue weighted by Gasteiger charge is -2.29. The van der Waals surface area contributed by atoms with Gasteiger partial charge < -0.3 is 10.2 Å². The Hall–Kier alpha value is -0.740. The minimum Gasteiger partial charge on any atom is -0.355 e. The lowest BCUT2D eigenvalue weighted by atomic mass is 10.2. The number of thioether (sulfide) groups is 1. The predicted molar refractivity (Wildman–Crippen MR) is 80.3 cm³/mol. The van der Waals surface area contributed by atoms with E-state index in [9.17, 15) is 0 Å². The topological polar surface area (TPSA) is 28.2 Å². The second kappa shape index (κ2) is 7.00. The largest absolute Gasteiger partial charge is 0.355 e. The van der Waals surface area contributed by atoms with Gasteiger partial charge in [0.15, 0.2) is 0 Å². The maximum Gasteiger partial charge on any atom is 0.133 e. The van der Waals surface area contributed by atoms with Gasteiger partial charge in [0.1, 0.15) is 5.82 Å². The van der Waals surface area contributed by atoms with Crippen LogP contribution in [-0.2, 0) is 6.54 Å². The molecular weight excluding hydrogens is 242 g/mol. The summed E-state index contributed by atoms with van der Waals surface area (Å²) in [5.74, 6) is 4.30. The Balaban J connectivity index is 2.00. The fraction of sp³-hybridized carbons (Fsp3) is 0.643. The molecule has 1 aromatic rings. The first-order valence-corrected chi connectivity index (χ1v) is 7.90. The fourth-order valence-electron chi connectivity index (χ4n) is 2.12. The number of nitrogens with one attached hydrogen (secondary N) is 1. The molecule has 0 amide bonds. The van der Waals surface area contributed by atoms with Crippen molar-refractivity contribution < 1.29 is 0 Å². The molecule has 0 saturated carbocycles. The normalized spacial score (nSPS) is 16.3. The number of anilines is 1. The Kier molecular flexibility index (Phi) is 5.32. The highest BCUT2D eigenvalue weighted by molar-refractivity contribution is 7.99. The molecule has 4 heteroatoms. The van der Waals surface area contributed by atoms with E-state index >= 15 is 0 Å². The molecule has 1 aliphatic rings. The lowest BCUT2D eigenvalue weighted by Crippen LogP contribution is -2.34. The minimum absolute atomic E-state index is 0.691. The number of hydrogen-bond donors (Lipinski definition) is 1. The maximum atomic E-state index is 4.58. The second-order valence-corrected chi connectivity index (χ2v) is 6.34. The molecular formula is C14H23N3S. The fourth-order valence-corrected chi connectivity index (χ4v) is 3.03. The maximum absolute atomic E-state index is 4.58. The summed E-state index contributed by atoms with van der Waals surface area (Å²) in [6.07, 6.45) is 1.91. The Bertz CT molecular complexity index is 362. The molecule has 1 N–H and O–H groups in total. The molecule has 100 valence electrons. The predicted octanol–water partition coefficient (Wildman–Crippen LogP) is 2.38. The van der Waals surface area contributed by atoms with Crippen molar-refractivity contribution >= 4 is 17.6 Å². The van der Waals surface area contributed by atoms with Gasteiger partial charge in [-0.3, -0.25) is 0 Å². The number of nitrogens with zero attached hydrogens (tertiary/aromatic N) is 2. The third kappa shape index (κ3) is 3.89. The highest BCUT2D eigenvalue weighted by atomic mass is 32.2. The standard InChI is InChI=1S/C14H23N3S/c1-12(2)10-15-11-13-4-3-5-16-14(13)17-6-8-18-9-7-17/h3-5,12,15H,6-11H2,1-2H3. The molecule has 18 heavy (non-hydrogen) atoms. The zero-order valence-electron chi connectivity index (χ0n) is 11.4. The molecule has 1 aromatic heterocycles. The van der Waals surface area contributed by atoms with E-state index in [2.05, 4.69) is 35.1 Å². The van der Waals surface area contributed by atoms with Crippen LogP contribution in [0, 0.1) is 5.92 Å². The number of hydrogen-bond acceptors (Lipinski definition) is 4. The Morgan fingerprint density at radius 1 is 1.39 bits per heavy atom. The summed E-state index contributed by atoms with van der Waals surface area (Å²) in [6, 6.07) is 4.23. The van der Waals surface area contributed by atoms with E-state index in [0.717, 1.165) is 26.2 Å². The third-order valence-corrected chi connectivity index (χ3v) is 3.99. The van der Waals surface area contributed by atoms with Gasteiger partial charge >= 0.3 is 0 Å². The molecule has 1 fully saturated rings. The molecule has 0 unspecified atom stereocenters. The van der Waals surface area contributed by atoms with Gasteiger partial charge in [0.25, 0.3) is 0 Å². The van der Waals surface area contributed by atoms with Crippen molar-refractivity contribution in [2.24, 2.45) is 5.92 Å². The molecule has 3 nitrogen and oxygen atoms in total. The van der Waals surface area contributed by atoms with E-state index in [4.69, 9.17) is 0 Å². The summed E-state index contributed by atoms with van der Waals surface area (Å²) in [5, 5.41) is 3.51. The van der Waals surface area contributed by atoms with Gasteiger partial charge in [-0.25, -0.2) is 4.98 Å². The SMILES string of the molecule is CC(C)CNCc1cccnc1N1CCSCC1. The Morgan fingerprint density at radius 3 is 2.89 bits per heavy atom. The first-order valence-electron chi connectivity index (χ1n) is 6.74. The van der Waals surface area contributed by atoms with Crippen LogP contribution in [0.15, 0.2) is 18.3 Å². The van der Waals surface area contributed by atoms with Crippen LogP contribution >= 0.6 is 11.8 Å². The third-order valence-electron chi connectivity index (χ3n) is 3.05. The smallest absolute Gasteiger partial charge is 0.133 e. The van der Waals surface area contributed by atoms with Gasteiger partial charge in [0.05, 0.1) is 0 Å². The average Bonchev–Trinajstić information content (AvgIpc) is 2.40. The molecule has 0 bridgehead atoms. The van der Waals surface area contributed by atoms with Crippen molar-refractivity contribution in [3.63, 3.8) is 0 Å². The zero-order valence-corrected chi connectivity index (χ0v) is 12.2.